The molecule has 2 rings (SSSR count). The Morgan fingerprint density at radius 3 is 2.65 bits per heavy atom. The Bertz CT molecular complexity index is 512. The standard InChI is InChI=1S/C14H20N4O2/c1-2-11-7-10(8-12(15)18-11)14(20)17-6-5-16-13(19)9-3-4-9/h7-9H,2-6H2,1H3,(H2,15,18)(H,16,19)(H,17,20). The molecule has 108 valence electrons. The highest BCUT2D eigenvalue weighted by atomic mass is 16.2. The summed E-state index contributed by atoms with van der Waals surface area (Å²) in [7, 11) is 0. The molecule has 0 spiro atoms. The molecule has 4 N–H and O–H groups in total. The highest BCUT2D eigenvalue weighted by molar-refractivity contribution is 5.94. The van der Waals surface area contributed by atoms with Crippen molar-refractivity contribution in [2.75, 3.05) is 18.8 Å². The third kappa shape index (κ3) is 3.94. The Labute approximate surface area is 118 Å². The van der Waals surface area contributed by atoms with E-state index in [1.165, 1.54) is 0 Å². The van der Waals surface area contributed by atoms with Crippen LogP contribution in [-0.4, -0.2) is 29.9 Å². The number of aryl methyl sites for hydroxylation is 1. The Hall–Kier alpha value is -2.11. The molecule has 20 heavy (non-hydrogen) atoms. The normalized spacial score (nSPS) is 13.8. The number of aromatic nitrogens is 1. The van der Waals surface area contributed by atoms with Gasteiger partial charge in [0, 0.05) is 30.3 Å². The Kier molecular flexibility index (Phi) is 4.55. The van der Waals surface area contributed by atoms with Crippen molar-refractivity contribution in [2.45, 2.75) is 26.2 Å². The van der Waals surface area contributed by atoms with Crippen LogP contribution in [0, 0.1) is 5.92 Å². The predicted octanol–water partition coefficient (Wildman–Crippen LogP) is 0.482. The number of nitrogens with zero attached hydrogens (tertiary/aromatic N) is 1. The van der Waals surface area contributed by atoms with E-state index < -0.39 is 0 Å². The predicted molar refractivity (Wildman–Crippen MR) is 76.1 cm³/mol. The van der Waals surface area contributed by atoms with Crippen LogP contribution in [0.25, 0.3) is 0 Å². The van der Waals surface area contributed by atoms with Gasteiger partial charge in [0.25, 0.3) is 5.91 Å². The number of nitrogen functional groups attached to an aromatic ring is 1. The van der Waals surface area contributed by atoms with E-state index in [0.29, 0.717) is 24.5 Å². The van der Waals surface area contributed by atoms with Crippen LogP contribution in [0.15, 0.2) is 12.1 Å². The summed E-state index contributed by atoms with van der Waals surface area (Å²) in [4.78, 5) is 27.5. The Morgan fingerprint density at radius 2 is 2.00 bits per heavy atom. The van der Waals surface area contributed by atoms with Crippen molar-refractivity contribution in [3.05, 3.63) is 23.4 Å². The molecule has 1 aliphatic carbocycles. The van der Waals surface area contributed by atoms with Crippen LogP contribution in [0.2, 0.25) is 0 Å². The molecule has 1 heterocycles. The summed E-state index contributed by atoms with van der Waals surface area (Å²) in [5.74, 6) is 0.421. The molecule has 6 heteroatoms. The first-order valence-corrected chi connectivity index (χ1v) is 6.92. The van der Waals surface area contributed by atoms with Crippen LogP contribution in [-0.2, 0) is 11.2 Å². The van der Waals surface area contributed by atoms with Gasteiger partial charge in [-0.25, -0.2) is 4.98 Å². The van der Waals surface area contributed by atoms with Gasteiger partial charge in [0.2, 0.25) is 5.91 Å². The van der Waals surface area contributed by atoms with Crippen LogP contribution in [0.3, 0.4) is 0 Å². The zero-order chi connectivity index (χ0) is 14.5. The maximum absolute atomic E-state index is 11.9. The topological polar surface area (TPSA) is 97.1 Å². The monoisotopic (exact) mass is 276 g/mol. The van der Waals surface area contributed by atoms with Gasteiger partial charge in [-0.3, -0.25) is 9.59 Å². The molecular formula is C14H20N4O2. The molecule has 0 unspecified atom stereocenters. The van der Waals surface area contributed by atoms with Crippen LogP contribution < -0.4 is 16.4 Å². The second-order valence-corrected chi connectivity index (χ2v) is 4.95. The van der Waals surface area contributed by atoms with Crippen LogP contribution >= 0.6 is 0 Å². The minimum Gasteiger partial charge on any atom is -0.384 e. The van der Waals surface area contributed by atoms with E-state index in [0.717, 1.165) is 25.0 Å². The van der Waals surface area contributed by atoms with E-state index in [-0.39, 0.29) is 17.7 Å². The molecule has 0 aromatic carbocycles. The molecule has 1 aromatic rings. The van der Waals surface area contributed by atoms with Gasteiger partial charge < -0.3 is 16.4 Å². The number of nitrogens with two attached hydrogens (primary N) is 1. The summed E-state index contributed by atoms with van der Waals surface area (Å²) >= 11 is 0. The molecule has 6 nitrogen and oxygen atoms in total. The number of pyridine rings is 1. The quantitative estimate of drug-likeness (QED) is 0.658. The lowest BCUT2D eigenvalue weighted by atomic mass is 10.2. The van der Waals surface area contributed by atoms with E-state index in [1.54, 1.807) is 12.1 Å². The molecule has 0 atom stereocenters. The van der Waals surface area contributed by atoms with Crippen molar-refractivity contribution in [2.24, 2.45) is 5.92 Å². The van der Waals surface area contributed by atoms with E-state index >= 15 is 0 Å². The van der Waals surface area contributed by atoms with Gasteiger partial charge >= 0.3 is 0 Å². The third-order valence-electron chi connectivity index (χ3n) is 3.18. The minimum absolute atomic E-state index is 0.0840. The van der Waals surface area contributed by atoms with Gasteiger partial charge in [-0.15, -0.1) is 0 Å². The lowest BCUT2D eigenvalue weighted by Crippen LogP contribution is -2.35. The van der Waals surface area contributed by atoms with Gasteiger partial charge in [-0.05, 0) is 31.4 Å². The minimum atomic E-state index is -0.200. The lowest BCUT2D eigenvalue weighted by molar-refractivity contribution is -0.122. The molecule has 1 aromatic heterocycles. The number of carbonyl (C=O) groups is 2. The molecular weight excluding hydrogens is 256 g/mol. The maximum Gasteiger partial charge on any atom is 0.251 e. The lowest BCUT2D eigenvalue weighted by Gasteiger charge is -2.08. The van der Waals surface area contributed by atoms with Crippen molar-refractivity contribution in [1.82, 2.24) is 15.6 Å². The first-order valence-electron chi connectivity index (χ1n) is 6.92. The number of hydrogen-bond donors (Lipinski definition) is 3. The molecule has 2 amide bonds. The zero-order valence-electron chi connectivity index (χ0n) is 11.6. The Balaban J connectivity index is 1.79. The first-order chi connectivity index (χ1) is 9.60. The molecule has 0 bridgehead atoms. The highest BCUT2D eigenvalue weighted by Crippen LogP contribution is 2.28. The smallest absolute Gasteiger partial charge is 0.251 e. The molecule has 0 saturated heterocycles. The summed E-state index contributed by atoms with van der Waals surface area (Å²) in [6, 6.07) is 3.28. The second-order valence-electron chi connectivity index (χ2n) is 4.95. The summed E-state index contributed by atoms with van der Waals surface area (Å²) in [5, 5.41) is 5.55. The summed E-state index contributed by atoms with van der Waals surface area (Å²) < 4.78 is 0. The molecule has 0 aliphatic heterocycles. The van der Waals surface area contributed by atoms with Crippen LogP contribution in [0.1, 0.15) is 35.8 Å². The molecule has 0 radical (unpaired) electrons. The fourth-order valence-electron chi connectivity index (χ4n) is 1.88. The van der Waals surface area contributed by atoms with E-state index in [4.69, 9.17) is 5.73 Å². The largest absolute Gasteiger partial charge is 0.384 e. The number of anilines is 1. The summed E-state index contributed by atoms with van der Waals surface area (Å²) in [5.41, 5.74) is 6.95. The summed E-state index contributed by atoms with van der Waals surface area (Å²) in [6.45, 7) is 2.81. The average molecular weight is 276 g/mol. The highest BCUT2D eigenvalue weighted by Gasteiger charge is 2.28. The van der Waals surface area contributed by atoms with Gasteiger partial charge in [0.05, 0.1) is 0 Å². The average Bonchev–Trinajstić information content (AvgIpc) is 3.26. The van der Waals surface area contributed by atoms with Crippen LogP contribution in [0.5, 0.6) is 0 Å². The van der Waals surface area contributed by atoms with Crippen molar-refractivity contribution in [1.29, 1.82) is 0 Å². The van der Waals surface area contributed by atoms with Crippen molar-refractivity contribution >= 4 is 17.6 Å². The summed E-state index contributed by atoms with van der Waals surface area (Å²) in [6.07, 6.45) is 2.69. The molecule has 1 saturated carbocycles. The SMILES string of the molecule is CCc1cc(C(=O)NCCNC(=O)C2CC2)cc(N)n1. The number of rotatable bonds is 6. The second kappa shape index (κ2) is 6.36. The van der Waals surface area contributed by atoms with Gasteiger partial charge in [-0.2, -0.15) is 0 Å². The zero-order valence-corrected chi connectivity index (χ0v) is 11.6. The fraction of sp³-hybridized carbons (Fsp3) is 0.500. The van der Waals surface area contributed by atoms with Crippen molar-refractivity contribution in [3.8, 4) is 0 Å². The van der Waals surface area contributed by atoms with E-state index in [9.17, 15) is 9.59 Å². The third-order valence-corrected chi connectivity index (χ3v) is 3.18. The maximum atomic E-state index is 11.9. The Morgan fingerprint density at radius 1 is 1.30 bits per heavy atom. The van der Waals surface area contributed by atoms with Crippen molar-refractivity contribution in [3.63, 3.8) is 0 Å². The fourth-order valence-corrected chi connectivity index (χ4v) is 1.88. The molecule has 1 fully saturated rings. The number of carbonyl (C=O) groups excluding carboxylic acids is 2. The molecule has 1 aliphatic rings. The number of nitrogens with one attached hydrogen (secondary N) is 2. The van der Waals surface area contributed by atoms with Gasteiger partial charge in [0.1, 0.15) is 5.82 Å². The van der Waals surface area contributed by atoms with E-state index in [2.05, 4.69) is 15.6 Å². The number of amides is 2. The number of hydrogen-bond acceptors (Lipinski definition) is 4. The van der Waals surface area contributed by atoms with Crippen LogP contribution in [0.4, 0.5) is 5.82 Å². The van der Waals surface area contributed by atoms with E-state index in [1.807, 2.05) is 6.92 Å². The van der Waals surface area contributed by atoms with Gasteiger partial charge in [0.15, 0.2) is 0 Å². The van der Waals surface area contributed by atoms with Crippen molar-refractivity contribution < 1.29 is 9.59 Å². The first kappa shape index (κ1) is 14.3. The van der Waals surface area contributed by atoms with Gasteiger partial charge in [-0.1, -0.05) is 6.92 Å².